The van der Waals surface area contributed by atoms with Crippen molar-refractivity contribution in [1.82, 2.24) is 9.78 Å². The van der Waals surface area contributed by atoms with Crippen molar-refractivity contribution >= 4 is 11.7 Å². The Morgan fingerprint density at radius 1 is 1.22 bits per heavy atom. The fraction of sp³-hybridized carbons (Fsp3) is 0.238. The number of hydrogen-bond donors (Lipinski definition) is 2. The average molecular weight is 363 g/mol. The van der Waals surface area contributed by atoms with Crippen LogP contribution in [0.1, 0.15) is 34.6 Å². The summed E-state index contributed by atoms with van der Waals surface area (Å²) in [7, 11) is 1.51. The van der Waals surface area contributed by atoms with Crippen molar-refractivity contribution in [3.8, 4) is 17.2 Å². The fourth-order valence-corrected chi connectivity index (χ4v) is 3.65. The second kappa shape index (κ2) is 6.46. The number of nitrogens with zero attached hydrogens (tertiary/aromatic N) is 2. The Bertz CT molecular complexity index is 1040. The lowest BCUT2D eigenvalue weighted by molar-refractivity contribution is -0.116. The standard InChI is InChI=1S/C21H21N3O3/c1-12-4-6-17(13(2)8-12)24-21-16(11-22-24)15(10-20(26)23-21)14-5-7-18(25)19(9-14)27-3/h4-9,11,15,25H,10H2,1-3H3,(H,23,26). The van der Waals surface area contributed by atoms with Crippen LogP contribution in [-0.2, 0) is 4.79 Å². The molecule has 0 saturated heterocycles. The number of phenolic OH excluding ortho intramolecular Hbond substituents is 1. The molecule has 27 heavy (non-hydrogen) atoms. The quantitative estimate of drug-likeness (QED) is 0.744. The second-order valence-corrected chi connectivity index (χ2v) is 6.89. The summed E-state index contributed by atoms with van der Waals surface area (Å²) in [5.74, 6) is 0.943. The molecule has 0 fully saturated rings. The van der Waals surface area contributed by atoms with Crippen molar-refractivity contribution < 1.29 is 14.6 Å². The van der Waals surface area contributed by atoms with Gasteiger partial charge in [0.25, 0.3) is 0 Å². The minimum atomic E-state index is -0.150. The third-order valence-electron chi connectivity index (χ3n) is 5.01. The lowest BCUT2D eigenvalue weighted by Gasteiger charge is -2.24. The van der Waals surface area contributed by atoms with Gasteiger partial charge in [-0.3, -0.25) is 4.79 Å². The number of aromatic nitrogens is 2. The molecule has 1 aliphatic heterocycles. The van der Waals surface area contributed by atoms with Crippen molar-refractivity contribution in [2.45, 2.75) is 26.2 Å². The molecule has 1 unspecified atom stereocenters. The fourth-order valence-electron chi connectivity index (χ4n) is 3.65. The van der Waals surface area contributed by atoms with Gasteiger partial charge in [0.05, 0.1) is 19.0 Å². The maximum atomic E-state index is 12.4. The molecule has 1 amide bonds. The van der Waals surface area contributed by atoms with Crippen LogP contribution in [0.4, 0.5) is 5.82 Å². The first-order chi connectivity index (χ1) is 13.0. The normalized spacial score (nSPS) is 16.0. The van der Waals surface area contributed by atoms with Crippen LogP contribution in [0.15, 0.2) is 42.6 Å². The van der Waals surface area contributed by atoms with Gasteiger partial charge in [-0.05, 0) is 43.2 Å². The SMILES string of the molecule is COc1cc(C2CC(=O)Nc3c2cnn3-c2ccc(C)cc2C)ccc1O. The number of anilines is 1. The van der Waals surface area contributed by atoms with E-state index in [1.807, 2.05) is 32.0 Å². The molecule has 1 aromatic heterocycles. The first-order valence-corrected chi connectivity index (χ1v) is 8.80. The molecule has 0 aliphatic carbocycles. The summed E-state index contributed by atoms with van der Waals surface area (Å²) in [6, 6.07) is 11.3. The molecule has 6 nitrogen and oxygen atoms in total. The zero-order valence-corrected chi connectivity index (χ0v) is 15.5. The zero-order chi connectivity index (χ0) is 19.1. The van der Waals surface area contributed by atoms with Crippen LogP contribution in [0, 0.1) is 13.8 Å². The number of aryl methyl sites for hydroxylation is 2. The Hall–Kier alpha value is -3.28. The number of benzene rings is 2. The summed E-state index contributed by atoms with van der Waals surface area (Å²) in [5, 5.41) is 17.4. The van der Waals surface area contributed by atoms with E-state index >= 15 is 0 Å². The number of methoxy groups -OCH3 is 1. The van der Waals surface area contributed by atoms with Crippen molar-refractivity contribution in [2.75, 3.05) is 12.4 Å². The maximum Gasteiger partial charge on any atom is 0.226 e. The van der Waals surface area contributed by atoms with Crippen LogP contribution in [-0.4, -0.2) is 27.9 Å². The highest BCUT2D eigenvalue weighted by molar-refractivity contribution is 5.94. The zero-order valence-electron chi connectivity index (χ0n) is 15.5. The highest BCUT2D eigenvalue weighted by Gasteiger charge is 2.31. The van der Waals surface area contributed by atoms with E-state index in [1.54, 1.807) is 23.0 Å². The number of phenols is 1. The molecule has 1 atom stereocenters. The molecule has 0 spiro atoms. The lowest BCUT2D eigenvalue weighted by Crippen LogP contribution is -2.24. The minimum Gasteiger partial charge on any atom is -0.504 e. The Labute approximate surface area is 157 Å². The van der Waals surface area contributed by atoms with Gasteiger partial charge >= 0.3 is 0 Å². The van der Waals surface area contributed by atoms with Gasteiger partial charge in [-0.25, -0.2) is 4.68 Å². The van der Waals surface area contributed by atoms with Gasteiger partial charge in [-0.15, -0.1) is 0 Å². The number of aromatic hydroxyl groups is 1. The van der Waals surface area contributed by atoms with Crippen LogP contribution in [0.2, 0.25) is 0 Å². The minimum absolute atomic E-state index is 0.0638. The molecular weight excluding hydrogens is 342 g/mol. The van der Waals surface area contributed by atoms with Crippen LogP contribution in [0.25, 0.3) is 5.69 Å². The Kier molecular flexibility index (Phi) is 4.11. The van der Waals surface area contributed by atoms with Crippen molar-refractivity contribution in [2.24, 2.45) is 0 Å². The second-order valence-electron chi connectivity index (χ2n) is 6.89. The molecule has 3 aromatic rings. The molecule has 1 aliphatic rings. The molecule has 0 bridgehead atoms. The van der Waals surface area contributed by atoms with Gasteiger partial charge in [0.15, 0.2) is 11.5 Å². The average Bonchev–Trinajstić information content (AvgIpc) is 3.05. The van der Waals surface area contributed by atoms with E-state index in [0.717, 1.165) is 22.4 Å². The molecule has 2 N–H and O–H groups in total. The van der Waals surface area contributed by atoms with Crippen LogP contribution in [0.3, 0.4) is 0 Å². The Balaban J connectivity index is 1.82. The van der Waals surface area contributed by atoms with E-state index in [2.05, 4.69) is 16.5 Å². The van der Waals surface area contributed by atoms with Crippen molar-refractivity contribution in [1.29, 1.82) is 0 Å². The van der Waals surface area contributed by atoms with E-state index in [1.165, 1.54) is 12.7 Å². The van der Waals surface area contributed by atoms with Gasteiger partial charge in [-0.2, -0.15) is 5.10 Å². The first-order valence-electron chi connectivity index (χ1n) is 8.80. The van der Waals surface area contributed by atoms with E-state index in [0.29, 0.717) is 18.0 Å². The van der Waals surface area contributed by atoms with E-state index in [-0.39, 0.29) is 17.6 Å². The van der Waals surface area contributed by atoms with Crippen molar-refractivity contribution in [3.63, 3.8) is 0 Å². The predicted octanol–water partition coefficient (Wildman–Crippen LogP) is 3.68. The highest BCUT2D eigenvalue weighted by Crippen LogP contribution is 2.40. The van der Waals surface area contributed by atoms with Gasteiger partial charge in [0, 0.05) is 17.9 Å². The van der Waals surface area contributed by atoms with Gasteiger partial charge in [0.1, 0.15) is 5.82 Å². The number of rotatable bonds is 3. The van der Waals surface area contributed by atoms with E-state index < -0.39 is 0 Å². The van der Waals surface area contributed by atoms with Crippen LogP contribution < -0.4 is 10.1 Å². The number of amides is 1. The summed E-state index contributed by atoms with van der Waals surface area (Å²) in [6.07, 6.45) is 2.12. The Morgan fingerprint density at radius 3 is 2.78 bits per heavy atom. The molecule has 6 heteroatoms. The summed E-state index contributed by atoms with van der Waals surface area (Å²) in [5.41, 5.74) is 5.05. The molecule has 138 valence electrons. The molecule has 2 heterocycles. The lowest BCUT2D eigenvalue weighted by atomic mass is 9.87. The molecule has 4 rings (SSSR count). The predicted molar refractivity (Wildman–Crippen MR) is 103 cm³/mol. The molecule has 0 radical (unpaired) electrons. The summed E-state index contributed by atoms with van der Waals surface area (Å²) < 4.78 is 7.00. The summed E-state index contributed by atoms with van der Waals surface area (Å²) in [4.78, 5) is 12.4. The van der Waals surface area contributed by atoms with Crippen LogP contribution in [0.5, 0.6) is 11.5 Å². The van der Waals surface area contributed by atoms with Crippen LogP contribution >= 0.6 is 0 Å². The first kappa shape index (κ1) is 17.1. The van der Waals surface area contributed by atoms with Gasteiger partial charge in [-0.1, -0.05) is 23.8 Å². The Morgan fingerprint density at radius 2 is 2.04 bits per heavy atom. The van der Waals surface area contributed by atoms with Gasteiger partial charge < -0.3 is 15.2 Å². The number of carbonyl (C=O) groups excluding carboxylic acids is 1. The number of ether oxygens (including phenoxy) is 1. The maximum absolute atomic E-state index is 12.4. The third kappa shape index (κ3) is 2.93. The topological polar surface area (TPSA) is 76.4 Å². The monoisotopic (exact) mass is 363 g/mol. The largest absolute Gasteiger partial charge is 0.504 e. The number of hydrogen-bond acceptors (Lipinski definition) is 4. The molecule has 0 saturated carbocycles. The number of carbonyl (C=O) groups is 1. The van der Waals surface area contributed by atoms with Gasteiger partial charge in [0.2, 0.25) is 5.91 Å². The van der Waals surface area contributed by atoms with E-state index in [4.69, 9.17) is 4.74 Å². The van der Waals surface area contributed by atoms with Crippen molar-refractivity contribution in [3.05, 3.63) is 64.8 Å². The smallest absolute Gasteiger partial charge is 0.226 e. The number of nitrogens with one attached hydrogen (secondary N) is 1. The molecular formula is C21H21N3O3. The number of fused-ring (bicyclic) bond motifs is 1. The third-order valence-corrected chi connectivity index (χ3v) is 5.01. The molecule has 2 aromatic carbocycles. The summed E-state index contributed by atoms with van der Waals surface area (Å²) >= 11 is 0. The summed E-state index contributed by atoms with van der Waals surface area (Å²) in [6.45, 7) is 4.08. The van der Waals surface area contributed by atoms with E-state index in [9.17, 15) is 9.90 Å². The highest BCUT2D eigenvalue weighted by atomic mass is 16.5.